The average molecular weight is 334 g/mol. The van der Waals surface area contributed by atoms with Gasteiger partial charge in [-0.3, -0.25) is 4.79 Å². The van der Waals surface area contributed by atoms with E-state index in [1.54, 1.807) is 11.3 Å². The van der Waals surface area contributed by atoms with Crippen molar-refractivity contribution in [1.82, 2.24) is 0 Å². The van der Waals surface area contributed by atoms with Gasteiger partial charge in [-0.1, -0.05) is 42.5 Å². The molecule has 5 rings (SSSR count). The summed E-state index contributed by atoms with van der Waals surface area (Å²) in [5.74, 6) is 1.59. The third-order valence-electron chi connectivity index (χ3n) is 5.21. The van der Waals surface area contributed by atoms with E-state index in [1.807, 2.05) is 30.3 Å². The number of ether oxygens (including phenoxy) is 1. The number of hydrogen-bond acceptors (Lipinski definition) is 3. The summed E-state index contributed by atoms with van der Waals surface area (Å²) >= 11 is 1.69. The molecule has 2 aliphatic rings. The summed E-state index contributed by atoms with van der Waals surface area (Å²) in [4.78, 5) is 13.8. The van der Waals surface area contributed by atoms with Crippen molar-refractivity contribution in [3.63, 3.8) is 0 Å². The highest BCUT2D eigenvalue weighted by Gasteiger charge is 2.64. The highest BCUT2D eigenvalue weighted by atomic mass is 32.1. The summed E-state index contributed by atoms with van der Waals surface area (Å²) in [6, 6.07) is 18.6. The lowest BCUT2D eigenvalue weighted by molar-refractivity contribution is -0.122. The van der Waals surface area contributed by atoms with E-state index in [0.717, 1.165) is 30.4 Å². The van der Waals surface area contributed by atoms with E-state index in [4.69, 9.17) is 4.74 Å². The molecule has 2 aromatic carbocycles. The minimum Gasteiger partial charge on any atom is -0.480 e. The minimum atomic E-state index is -0.446. The summed E-state index contributed by atoms with van der Waals surface area (Å²) in [7, 11) is 0. The van der Waals surface area contributed by atoms with Gasteiger partial charge in [-0.2, -0.15) is 0 Å². The Morgan fingerprint density at radius 1 is 1.04 bits per heavy atom. The Kier molecular flexibility index (Phi) is 3.07. The summed E-state index contributed by atoms with van der Waals surface area (Å²) < 4.78 is 6.57. The van der Waals surface area contributed by atoms with Crippen molar-refractivity contribution in [1.29, 1.82) is 0 Å². The Labute approximate surface area is 145 Å². The first-order valence-electron chi connectivity index (χ1n) is 8.52. The van der Waals surface area contributed by atoms with Crippen LogP contribution in [0.4, 0.5) is 0 Å². The first-order chi connectivity index (χ1) is 11.8. The molecule has 3 aromatic rings. The molecule has 2 atom stereocenters. The zero-order chi connectivity index (χ0) is 16.1. The van der Waals surface area contributed by atoms with Crippen LogP contribution in [0.5, 0.6) is 5.75 Å². The predicted molar refractivity (Wildman–Crippen MR) is 96.4 cm³/mol. The number of Topliss-reactive ketones (excluding diaryl/α,β-unsaturated/α-hetero) is 1. The largest absolute Gasteiger partial charge is 0.480 e. The van der Waals surface area contributed by atoms with Crippen molar-refractivity contribution in [2.45, 2.75) is 24.9 Å². The van der Waals surface area contributed by atoms with Gasteiger partial charge in [0.05, 0.1) is 5.92 Å². The van der Waals surface area contributed by atoms with Crippen LogP contribution in [0.2, 0.25) is 0 Å². The van der Waals surface area contributed by atoms with Crippen LogP contribution in [0.1, 0.15) is 24.1 Å². The smallest absolute Gasteiger partial charge is 0.154 e. The van der Waals surface area contributed by atoms with E-state index in [9.17, 15) is 4.79 Å². The lowest BCUT2D eigenvalue weighted by Gasteiger charge is -2.20. The van der Waals surface area contributed by atoms with Crippen molar-refractivity contribution < 1.29 is 9.53 Å². The number of benzene rings is 2. The SMILES string of the molecule is O=C(C1CC1)C1CC1(Oc1cccc2ccccc12)c1cccs1. The molecular weight excluding hydrogens is 316 g/mol. The van der Waals surface area contributed by atoms with Crippen molar-refractivity contribution in [2.24, 2.45) is 11.8 Å². The molecule has 1 heterocycles. The van der Waals surface area contributed by atoms with Gasteiger partial charge in [0.15, 0.2) is 5.60 Å². The van der Waals surface area contributed by atoms with E-state index >= 15 is 0 Å². The molecule has 24 heavy (non-hydrogen) atoms. The number of rotatable bonds is 5. The number of fused-ring (bicyclic) bond motifs is 1. The Bertz CT molecular complexity index is 905. The highest BCUT2D eigenvalue weighted by Crippen LogP contribution is 2.59. The van der Waals surface area contributed by atoms with Gasteiger partial charge in [0, 0.05) is 22.6 Å². The number of hydrogen-bond donors (Lipinski definition) is 0. The van der Waals surface area contributed by atoms with Crippen molar-refractivity contribution in [3.8, 4) is 5.75 Å². The molecule has 0 amide bonds. The number of carbonyl (C=O) groups is 1. The predicted octanol–water partition coefficient (Wildman–Crippen LogP) is 5.17. The molecule has 2 aliphatic carbocycles. The van der Waals surface area contributed by atoms with Crippen LogP contribution in [0.25, 0.3) is 10.8 Å². The van der Waals surface area contributed by atoms with Gasteiger partial charge in [-0.25, -0.2) is 0 Å². The molecule has 0 aliphatic heterocycles. The topological polar surface area (TPSA) is 26.3 Å². The van der Waals surface area contributed by atoms with Gasteiger partial charge in [-0.05, 0) is 35.7 Å². The van der Waals surface area contributed by atoms with Crippen molar-refractivity contribution in [2.75, 3.05) is 0 Å². The Hall–Kier alpha value is -2.13. The molecule has 2 saturated carbocycles. The molecule has 2 nitrogen and oxygen atoms in total. The average Bonchev–Trinajstić information content (AvgIpc) is 3.53. The molecule has 3 heteroatoms. The van der Waals surface area contributed by atoms with E-state index in [0.29, 0.717) is 5.78 Å². The molecule has 1 aromatic heterocycles. The standard InChI is InChI=1S/C21H18O2S/c22-20(15-10-11-15)17-13-21(17,19-9-4-12-24-19)23-18-8-3-6-14-5-1-2-7-16(14)18/h1-9,12,15,17H,10-11,13H2. The van der Waals surface area contributed by atoms with Crippen molar-refractivity contribution >= 4 is 27.9 Å². The van der Waals surface area contributed by atoms with Crippen LogP contribution in [-0.4, -0.2) is 5.78 Å². The van der Waals surface area contributed by atoms with Crippen LogP contribution in [0.3, 0.4) is 0 Å². The molecular formula is C21H18O2S. The summed E-state index contributed by atoms with van der Waals surface area (Å²) in [6.07, 6.45) is 2.93. The first kappa shape index (κ1) is 14.2. The number of carbonyl (C=O) groups excluding carboxylic acids is 1. The zero-order valence-corrected chi connectivity index (χ0v) is 14.1. The number of thiophene rings is 1. The van der Waals surface area contributed by atoms with Gasteiger partial charge in [0.2, 0.25) is 0 Å². The van der Waals surface area contributed by atoms with Crippen molar-refractivity contribution in [3.05, 3.63) is 64.9 Å². The summed E-state index contributed by atoms with van der Waals surface area (Å²) in [5, 5.41) is 4.35. The fourth-order valence-corrected chi connectivity index (χ4v) is 4.59. The molecule has 0 radical (unpaired) electrons. The molecule has 120 valence electrons. The van der Waals surface area contributed by atoms with E-state index < -0.39 is 5.60 Å². The maximum Gasteiger partial charge on any atom is 0.154 e. The Balaban J connectivity index is 1.55. The molecule has 0 spiro atoms. The molecule has 0 bridgehead atoms. The second-order valence-electron chi connectivity index (χ2n) is 6.88. The van der Waals surface area contributed by atoms with Gasteiger partial charge < -0.3 is 4.74 Å². The summed E-state index contributed by atoms with van der Waals surface area (Å²) in [5.41, 5.74) is -0.446. The fraction of sp³-hybridized carbons (Fsp3) is 0.286. The highest BCUT2D eigenvalue weighted by molar-refractivity contribution is 7.10. The maximum absolute atomic E-state index is 12.7. The van der Waals surface area contributed by atoms with Crippen LogP contribution >= 0.6 is 11.3 Å². The summed E-state index contributed by atoms with van der Waals surface area (Å²) in [6.45, 7) is 0. The van der Waals surface area contributed by atoms with Crippen LogP contribution in [-0.2, 0) is 10.4 Å². The number of ketones is 1. The lowest BCUT2D eigenvalue weighted by Crippen LogP contribution is -2.22. The Morgan fingerprint density at radius 3 is 2.67 bits per heavy atom. The van der Waals surface area contributed by atoms with Gasteiger partial charge >= 0.3 is 0 Å². The van der Waals surface area contributed by atoms with E-state index in [1.165, 1.54) is 10.3 Å². The van der Waals surface area contributed by atoms with E-state index in [2.05, 4.69) is 29.6 Å². The third-order valence-corrected chi connectivity index (χ3v) is 6.24. The normalized spacial score (nSPS) is 25.6. The second-order valence-corrected chi connectivity index (χ2v) is 7.83. The Morgan fingerprint density at radius 2 is 1.88 bits per heavy atom. The van der Waals surface area contributed by atoms with Gasteiger partial charge in [-0.15, -0.1) is 11.3 Å². The van der Waals surface area contributed by atoms with Gasteiger partial charge in [0.25, 0.3) is 0 Å². The quantitative estimate of drug-likeness (QED) is 0.643. The molecule has 0 N–H and O–H groups in total. The van der Waals surface area contributed by atoms with Crippen LogP contribution in [0, 0.1) is 11.8 Å². The van der Waals surface area contributed by atoms with E-state index in [-0.39, 0.29) is 11.8 Å². The minimum absolute atomic E-state index is 0.0163. The maximum atomic E-state index is 12.7. The molecule has 2 unspecified atom stereocenters. The lowest BCUT2D eigenvalue weighted by atomic mass is 10.1. The first-order valence-corrected chi connectivity index (χ1v) is 9.40. The van der Waals surface area contributed by atoms with Crippen LogP contribution in [0.15, 0.2) is 60.0 Å². The second kappa shape index (κ2) is 5.18. The molecule has 0 saturated heterocycles. The zero-order valence-electron chi connectivity index (χ0n) is 13.3. The van der Waals surface area contributed by atoms with Gasteiger partial charge in [0.1, 0.15) is 11.5 Å². The van der Waals surface area contributed by atoms with Crippen LogP contribution < -0.4 is 4.74 Å². The third kappa shape index (κ3) is 2.19. The molecule has 2 fully saturated rings. The fourth-order valence-electron chi connectivity index (χ4n) is 3.66. The monoisotopic (exact) mass is 334 g/mol.